The largest absolute Gasteiger partial charge is 0.381 e. The van der Waals surface area contributed by atoms with Gasteiger partial charge in [-0.25, -0.2) is 4.39 Å². The van der Waals surface area contributed by atoms with Gasteiger partial charge in [0.15, 0.2) is 0 Å². The van der Waals surface area contributed by atoms with Gasteiger partial charge in [-0.15, -0.1) is 0 Å². The quantitative estimate of drug-likeness (QED) is 0.933. The molecule has 0 fully saturated rings. The van der Waals surface area contributed by atoms with E-state index in [2.05, 4.69) is 5.32 Å². The van der Waals surface area contributed by atoms with Gasteiger partial charge in [0, 0.05) is 31.9 Å². The van der Waals surface area contributed by atoms with Crippen LogP contribution in [-0.4, -0.2) is 24.9 Å². The Labute approximate surface area is 124 Å². The fourth-order valence-electron chi connectivity index (χ4n) is 2.04. The Morgan fingerprint density at radius 2 is 1.81 bits per heavy atom. The number of benzene rings is 2. The average Bonchev–Trinajstić information content (AvgIpc) is 2.46. The van der Waals surface area contributed by atoms with Crippen LogP contribution in [0.3, 0.4) is 0 Å². The van der Waals surface area contributed by atoms with Gasteiger partial charge >= 0.3 is 0 Å². The van der Waals surface area contributed by atoms with Gasteiger partial charge in [-0.3, -0.25) is 4.79 Å². The highest BCUT2D eigenvalue weighted by Gasteiger charge is 2.07. The summed E-state index contributed by atoms with van der Waals surface area (Å²) in [5.41, 5.74) is 3.55. The zero-order chi connectivity index (χ0) is 15.4. The molecule has 110 valence electrons. The van der Waals surface area contributed by atoms with Crippen LogP contribution in [0.25, 0.3) is 0 Å². The number of rotatable bonds is 4. The molecule has 0 atom stereocenters. The Morgan fingerprint density at radius 3 is 2.38 bits per heavy atom. The van der Waals surface area contributed by atoms with E-state index in [1.54, 1.807) is 37.2 Å². The van der Waals surface area contributed by atoms with Gasteiger partial charge in [-0.2, -0.15) is 0 Å². The van der Waals surface area contributed by atoms with Gasteiger partial charge in [0.05, 0.1) is 0 Å². The Hall–Kier alpha value is -2.36. The maximum Gasteiger partial charge on any atom is 0.253 e. The molecule has 0 heterocycles. The molecule has 0 spiro atoms. The summed E-state index contributed by atoms with van der Waals surface area (Å²) >= 11 is 0. The Bertz CT molecular complexity index is 636. The van der Waals surface area contributed by atoms with Gasteiger partial charge in [0.2, 0.25) is 0 Å². The van der Waals surface area contributed by atoms with Crippen molar-refractivity contribution < 1.29 is 9.18 Å². The number of nitrogens with zero attached hydrogens (tertiary/aromatic N) is 1. The molecule has 0 aliphatic heterocycles. The third kappa shape index (κ3) is 3.81. The summed E-state index contributed by atoms with van der Waals surface area (Å²) in [7, 11) is 3.46. The fraction of sp³-hybridized carbons (Fsp3) is 0.235. The lowest BCUT2D eigenvalue weighted by Crippen LogP contribution is -2.21. The predicted molar refractivity (Wildman–Crippen MR) is 82.9 cm³/mol. The topological polar surface area (TPSA) is 32.3 Å². The highest BCUT2D eigenvalue weighted by molar-refractivity contribution is 5.94. The van der Waals surface area contributed by atoms with Crippen LogP contribution >= 0.6 is 0 Å². The van der Waals surface area contributed by atoms with E-state index in [4.69, 9.17) is 0 Å². The van der Waals surface area contributed by atoms with Crippen molar-refractivity contribution >= 4 is 11.6 Å². The third-order valence-electron chi connectivity index (χ3n) is 3.33. The lowest BCUT2D eigenvalue weighted by Gasteiger charge is -2.12. The molecule has 2 aromatic rings. The highest BCUT2D eigenvalue weighted by Crippen LogP contribution is 2.15. The van der Waals surface area contributed by atoms with Crippen LogP contribution in [0.15, 0.2) is 42.5 Å². The Kier molecular flexibility index (Phi) is 4.58. The van der Waals surface area contributed by atoms with E-state index in [1.165, 1.54) is 12.1 Å². The van der Waals surface area contributed by atoms with Crippen LogP contribution in [0.4, 0.5) is 10.1 Å². The number of carbonyl (C=O) groups is 1. The lowest BCUT2D eigenvalue weighted by molar-refractivity contribution is 0.0827. The molecule has 0 saturated heterocycles. The van der Waals surface area contributed by atoms with E-state index < -0.39 is 0 Å². The monoisotopic (exact) mass is 286 g/mol. The normalized spacial score (nSPS) is 10.3. The molecule has 0 unspecified atom stereocenters. The maximum atomic E-state index is 13.0. The molecule has 2 rings (SSSR count). The molecule has 1 amide bonds. The summed E-state index contributed by atoms with van der Waals surface area (Å²) in [6, 6.07) is 12.1. The van der Waals surface area contributed by atoms with E-state index in [-0.39, 0.29) is 11.7 Å². The standard InChI is InChI=1S/C17H19FN2O/c1-12-10-15(18)7-4-14(12)11-19-16-8-5-13(6-9-16)17(21)20(2)3/h4-10,19H,11H2,1-3H3. The van der Waals surface area contributed by atoms with E-state index in [9.17, 15) is 9.18 Å². The molecular weight excluding hydrogens is 267 g/mol. The fourth-order valence-corrected chi connectivity index (χ4v) is 2.04. The van der Waals surface area contributed by atoms with Crippen LogP contribution in [-0.2, 0) is 6.54 Å². The van der Waals surface area contributed by atoms with Gasteiger partial charge in [0.25, 0.3) is 5.91 Å². The summed E-state index contributed by atoms with van der Waals surface area (Å²) in [6.07, 6.45) is 0. The number of anilines is 1. The van der Waals surface area contributed by atoms with Crippen molar-refractivity contribution in [2.75, 3.05) is 19.4 Å². The molecule has 0 aromatic heterocycles. The minimum absolute atomic E-state index is 0.0177. The lowest BCUT2D eigenvalue weighted by atomic mass is 10.1. The van der Waals surface area contributed by atoms with E-state index in [0.29, 0.717) is 12.1 Å². The number of aryl methyl sites for hydroxylation is 1. The van der Waals surface area contributed by atoms with Crippen molar-refractivity contribution in [1.29, 1.82) is 0 Å². The van der Waals surface area contributed by atoms with Crippen molar-refractivity contribution in [1.82, 2.24) is 4.90 Å². The first kappa shape index (κ1) is 15.0. The number of halogens is 1. The first-order valence-electron chi connectivity index (χ1n) is 6.78. The smallest absolute Gasteiger partial charge is 0.253 e. The van der Waals surface area contributed by atoms with Crippen molar-refractivity contribution in [2.24, 2.45) is 0 Å². The molecule has 0 bridgehead atoms. The van der Waals surface area contributed by atoms with E-state index in [1.807, 2.05) is 19.1 Å². The summed E-state index contributed by atoms with van der Waals surface area (Å²) in [5.74, 6) is -0.237. The molecule has 21 heavy (non-hydrogen) atoms. The number of amides is 1. The minimum Gasteiger partial charge on any atom is -0.381 e. The maximum absolute atomic E-state index is 13.0. The second kappa shape index (κ2) is 6.39. The van der Waals surface area contributed by atoms with Crippen molar-refractivity contribution in [3.8, 4) is 0 Å². The van der Waals surface area contributed by atoms with Crippen LogP contribution in [0.5, 0.6) is 0 Å². The predicted octanol–water partition coefficient (Wildman–Crippen LogP) is 3.45. The van der Waals surface area contributed by atoms with Crippen molar-refractivity contribution in [3.63, 3.8) is 0 Å². The SMILES string of the molecule is Cc1cc(F)ccc1CNc1ccc(C(=O)N(C)C)cc1. The summed E-state index contributed by atoms with van der Waals surface area (Å²) < 4.78 is 13.0. The van der Waals surface area contributed by atoms with Crippen molar-refractivity contribution in [3.05, 3.63) is 65.0 Å². The van der Waals surface area contributed by atoms with Crippen LogP contribution in [0.1, 0.15) is 21.5 Å². The first-order valence-corrected chi connectivity index (χ1v) is 6.78. The first-order chi connectivity index (χ1) is 9.97. The zero-order valence-corrected chi connectivity index (χ0v) is 12.5. The molecule has 3 nitrogen and oxygen atoms in total. The van der Waals surface area contributed by atoms with Gasteiger partial charge in [-0.05, 0) is 54.4 Å². The second-order valence-corrected chi connectivity index (χ2v) is 5.20. The third-order valence-corrected chi connectivity index (χ3v) is 3.33. The van der Waals surface area contributed by atoms with Gasteiger partial charge in [-0.1, -0.05) is 6.07 Å². The summed E-state index contributed by atoms with van der Waals surface area (Å²) in [4.78, 5) is 13.3. The Morgan fingerprint density at radius 1 is 1.14 bits per heavy atom. The van der Waals surface area contributed by atoms with Gasteiger partial charge in [0.1, 0.15) is 5.82 Å². The van der Waals surface area contributed by atoms with Crippen molar-refractivity contribution in [2.45, 2.75) is 13.5 Å². The zero-order valence-electron chi connectivity index (χ0n) is 12.5. The van der Waals surface area contributed by atoms with E-state index in [0.717, 1.165) is 16.8 Å². The number of hydrogen-bond acceptors (Lipinski definition) is 2. The second-order valence-electron chi connectivity index (χ2n) is 5.20. The molecule has 0 radical (unpaired) electrons. The van der Waals surface area contributed by atoms with E-state index >= 15 is 0 Å². The Balaban J connectivity index is 2.02. The molecule has 2 aromatic carbocycles. The molecule has 0 aliphatic rings. The summed E-state index contributed by atoms with van der Waals surface area (Å²) in [6.45, 7) is 2.51. The number of carbonyl (C=O) groups excluding carboxylic acids is 1. The molecule has 1 N–H and O–H groups in total. The molecular formula is C17H19FN2O. The van der Waals surface area contributed by atoms with Crippen LogP contribution in [0.2, 0.25) is 0 Å². The minimum atomic E-state index is -0.220. The molecule has 4 heteroatoms. The molecule has 0 aliphatic carbocycles. The highest BCUT2D eigenvalue weighted by atomic mass is 19.1. The van der Waals surface area contributed by atoms with Crippen LogP contribution in [0, 0.1) is 12.7 Å². The number of nitrogens with one attached hydrogen (secondary N) is 1. The number of hydrogen-bond donors (Lipinski definition) is 1. The average molecular weight is 286 g/mol. The van der Waals surface area contributed by atoms with Gasteiger partial charge < -0.3 is 10.2 Å². The summed E-state index contributed by atoms with van der Waals surface area (Å²) in [5, 5.41) is 3.27. The van der Waals surface area contributed by atoms with Crippen LogP contribution < -0.4 is 5.32 Å². The molecule has 0 saturated carbocycles.